The van der Waals surface area contributed by atoms with Crippen LogP contribution in [0, 0.1) is 0 Å². The van der Waals surface area contributed by atoms with Crippen LogP contribution in [0.1, 0.15) is 0 Å². The lowest BCUT2D eigenvalue weighted by Gasteiger charge is -2.14. The standard InChI is InChI=1S/C48H30N4/c1-3-15-32(16-4-1)47-48(50-40-23-11-10-22-39(40)49-47)52-42-28-27-33(30-38(42)46-35-19-8-7-14-31(35)26-29-44(46)52)36-21-13-25-43-45(36)37-20-9-12-24-41(37)51(43)34-17-5-2-6-18-34/h1-30H. The van der Waals surface area contributed by atoms with E-state index in [0.717, 1.165) is 44.8 Å². The van der Waals surface area contributed by atoms with Gasteiger partial charge in [-0.1, -0.05) is 127 Å². The van der Waals surface area contributed by atoms with Crippen molar-refractivity contribution in [3.8, 4) is 33.9 Å². The molecule has 0 fully saturated rings. The van der Waals surface area contributed by atoms with E-state index in [-0.39, 0.29) is 0 Å². The molecule has 3 aromatic heterocycles. The summed E-state index contributed by atoms with van der Waals surface area (Å²) in [5, 5.41) is 7.31. The lowest BCUT2D eigenvalue weighted by molar-refractivity contribution is 1.08. The second-order valence-electron chi connectivity index (χ2n) is 13.4. The van der Waals surface area contributed by atoms with Crippen LogP contribution in [0.4, 0.5) is 0 Å². The van der Waals surface area contributed by atoms with Crippen molar-refractivity contribution in [1.29, 1.82) is 0 Å². The minimum atomic E-state index is 0.820. The molecule has 242 valence electrons. The van der Waals surface area contributed by atoms with E-state index < -0.39 is 0 Å². The van der Waals surface area contributed by atoms with E-state index in [0.29, 0.717) is 0 Å². The number of para-hydroxylation sites is 4. The van der Waals surface area contributed by atoms with Gasteiger partial charge in [-0.05, 0) is 76.5 Å². The summed E-state index contributed by atoms with van der Waals surface area (Å²) in [6, 6.07) is 64.8. The van der Waals surface area contributed by atoms with Crippen LogP contribution >= 0.6 is 0 Å². The zero-order valence-electron chi connectivity index (χ0n) is 28.1. The molecule has 0 atom stereocenters. The fourth-order valence-corrected chi connectivity index (χ4v) is 8.24. The predicted octanol–water partition coefficient (Wildman–Crippen LogP) is 12.3. The third-order valence-electron chi connectivity index (χ3n) is 10.5. The summed E-state index contributed by atoms with van der Waals surface area (Å²) in [6.07, 6.45) is 0. The molecule has 0 N–H and O–H groups in total. The van der Waals surface area contributed by atoms with Crippen LogP contribution in [0.2, 0.25) is 0 Å². The molecule has 4 heteroatoms. The fourth-order valence-electron chi connectivity index (χ4n) is 8.24. The molecule has 0 saturated carbocycles. The third kappa shape index (κ3) is 4.21. The fraction of sp³-hybridized carbons (Fsp3) is 0. The lowest BCUT2D eigenvalue weighted by Crippen LogP contribution is -2.03. The third-order valence-corrected chi connectivity index (χ3v) is 10.5. The van der Waals surface area contributed by atoms with Crippen molar-refractivity contribution in [2.24, 2.45) is 0 Å². The highest BCUT2D eigenvalue weighted by atomic mass is 15.1. The summed E-state index contributed by atoms with van der Waals surface area (Å²) in [5.74, 6) is 0.820. The Kier molecular flexibility index (Phi) is 6.22. The molecule has 0 saturated heterocycles. The maximum atomic E-state index is 5.36. The van der Waals surface area contributed by atoms with Crippen molar-refractivity contribution < 1.29 is 0 Å². The van der Waals surface area contributed by atoms with Gasteiger partial charge >= 0.3 is 0 Å². The van der Waals surface area contributed by atoms with Gasteiger partial charge in [-0.3, -0.25) is 4.57 Å². The molecule has 0 aliphatic rings. The summed E-state index contributed by atoms with van der Waals surface area (Å²) < 4.78 is 4.71. The number of fused-ring (bicyclic) bond motifs is 9. The second-order valence-corrected chi connectivity index (χ2v) is 13.4. The van der Waals surface area contributed by atoms with Gasteiger partial charge in [0.25, 0.3) is 0 Å². The number of benzene rings is 8. The molecule has 0 spiro atoms. The van der Waals surface area contributed by atoms with Crippen LogP contribution in [0.15, 0.2) is 182 Å². The van der Waals surface area contributed by atoms with Gasteiger partial charge in [-0.25, -0.2) is 9.97 Å². The molecule has 4 nitrogen and oxygen atoms in total. The molecule has 8 aromatic carbocycles. The van der Waals surface area contributed by atoms with Crippen molar-refractivity contribution in [1.82, 2.24) is 19.1 Å². The Hall–Kier alpha value is -7.04. The van der Waals surface area contributed by atoms with E-state index in [1.165, 1.54) is 54.5 Å². The van der Waals surface area contributed by atoms with Gasteiger partial charge < -0.3 is 4.57 Å². The van der Waals surface area contributed by atoms with Crippen LogP contribution in [-0.4, -0.2) is 19.1 Å². The van der Waals surface area contributed by atoms with Crippen molar-refractivity contribution in [2.75, 3.05) is 0 Å². The molecular formula is C48H30N4. The van der Waals surface area contributed by atoms with Gasteiger partial charge in [0.15, 0.2) is 5.82 Å². The molecule has 0 aliphatic carbocycles. The average molecular weight is 663 g/mol. The molecule has 3 heterocycles. The SMILES string of the molecule is c1ccc(-c2nc3ccccc3nc2-n2c3ccc(-c4cccc5c4c4ccccc4n5-c4ccccc4)cc3c3c4ccccc4ccc32)cc1. The van der Waals surface area contributed by atoms with Crippen LogP contribution in [0.3, 0.4) is 0 Å². The minimum Gasteiger partial charge on any atom is -0.309 e. The molecule has 11 rings (SSSR count). The summed E-state index contributed by atoms with van der Waals surface area (Å²) in [5.41, 5.74) is 11.8. The van der Waals surface area contributed by atoms with Crippen LogP contribution in [-0.2, 0) is 0 Å². The van der Waals surface area contributed by atoms with Gasteiger partial charge in [-0.2, -0.15) is 0 Å². The summed E-state index contributed by atoms with van der Waals surface area (Å²) in [4.78, 5) is 10.6. The van der Waals surface area contributed by atoms with E-state index in [1.807, 2.05) is 24.3 Å². The van der Waals surface area contributed by atoms with Gasteiger partial charge in [0.05, 0.1) is 33.1 Å². The largest absolute Gasteiger partial charge is 0.309 e. The van der Waals surface area contributed by atoms with E-state index in [4.69, 9.17) is 9.97 Å². The van der Waals surface area contributed by atoms with E-state index in [2.05, 4.69) is 167 Å². The Balaban J connectivity index is 1.25. The highest BCUT2D eigenvalue weighted by Crippen LogP contribution is 2.43. The van der Waals surface area contributed by atoms with Crippen molar-refractivity contribution in [3.63, 3.8) is 0 Å². The van der Waals surface area contributed by atoms with Crippen LogP contribution in [0.5, 0.6) is 0 Å². The first-order valence-electron chi connectivity index (χ1n) is 17.7. The van der Waals surface area contributed by atoms with Crippen LogP contribution in [0.25, 0.3) is 99.3 Å². The highest BCUT2D eigenvalue weighted by Gasteiger charge is 2.22. The highest BCUT2D eigenvalue weighted by molar-refractivity contribution is 6.23. The maximum absolute atomic E-state index is 5.36. The first-order chi connectivity index (χ1) is 25.8. The molecule has 0 bridgehead atoms. The van der Waals surface area contributed by atoms with Crippen molar-refractivity contribution in [2.45, 2.75) is 0 Å². The predicted molar refractivity (Wildman–Crippen MR) is 217 cm³/mol. The second kappa shape index (κ2) is 11.2. The molecule has 11 aromatic rings. The number of rotatable bonds is 4. The van der Waals surface area contributed by atoms with Crippen molar-refractivity contribution in [3.05, 3.63) is 182 Å². The molecule has 0 unspecified atom stereocenters. The number of hydrogen-bond acceptors (Lipinski definition) is 2. The van der Waals surface area contributed by atoms with Crippen LogP contribution < -0.4 is 0 Å². The first kappa shape index (κ1) is 28.8. The molecule has 52 heavy (non-hydrogen) atoms. The van der Waals surface area contributed by atoms with E-state index >= 15 is 0 Å². The Morgan fingerprint density at radius 1 is 0.365 bits per heavy atom. The van der Waals surface area contributed by atoms with Gasteiger partial charge in [0.1, 0.15) is 5.69 Å². The first-order valence-corrected chi connectivity index (χ1v) is 17.7. The molecular weight excluding hydrogens is 633 g/mol. The number of aromatic nitrogens is 4. The summed E-state index contributed by atoms with van der Waals surface area (Å²) in [7, 11) is 0. The normalized spacial score (nSPS) is 11.8. The summed E-state index contributed by atoms with van der Waals surface area (Å²) in [6.45, 7) is 0. The van der Waals surface area contributed by atoms with E-state index in [9.17, 15) is 0 Å². The van der Waals surface area contributed by atoms with Gasteiger partial charge in [-0.15, -0.1) is 0 Å². The lowest BCUT2D eigenvalue weighted by atomic mass is 9.97. The number of hydrogen-bond donors (Lipinski definition) is 0. The Labute approximate surface area is 299 Å². The minimum absolute atomic E-state index is 0.820. The quantitative estimate of drug-likeness (QED) is 0.188. The molecule has 0 radical (unpaired) electrons. The maximum Gasteiger partial charge on any atom is 0.165 e. The van der Waals surface area contributed by atoms with Gasteiger partial charge in [0, 0.05) is 32.8 Å². The topological polar surface area (TPSA) is 35.6 Å². The Morgan fingerprint density at radius 2 is 1.00 bits per heavy atom. The monoisotopic (exact) mass is 662 g/mol. The smallest absolute Gasteiger partial charge is 0.165 e. The molecule has 0 aliphatic heterocycles. The number of nitrogens with zero attached hydrogens (tertiary/aromatic N) is 4. The van der Waals surface area contributed by atoms with E-state index in [1.54, 1.807) is 0 Å². The molecule has 0 amide bonds. The van der Waals surface area contributed by atoms with Gasteiger partial charge in [0.2, 0.25) is 0 Å². The van der Waals surface area contributed by atoms with Crippen molar-refractivity contribution >= 4 is 65.4 Å². The summed E-state index contributed by atoms with van der Waals surface area (Å²) >= 11 is 0. The average Bonchev–Trinajstić information content (AvgIpc) is 3.74. The Morgan fingerprint density at radius 3 is 1.85 bits per heavy atom. The zero-order valence-corrected chi connectivity index (χ0v) is 28.1. The Bertz CT molecular complexity index is 3170. The zero-order chi connectivity index (χ0) is 34.2.